The fourth-order valence-corrected chi connectivity index (χ4v) is 2.22. The van der Waals surface area contributed by atoms with E-state index in [4.69, 9.17) is 5.26 Å². The first-order valence-electron chi connectivity index (χ1n) is 5.48. The molecule has 0 aliphatic carbocycles. The Bertz CT molecular complexity index is 363. The lowest BCUT2D eigenvalue weighted by atomic mass is 10.1. The summed E-state index contributed by atoms with van der Waals surface area (Å²) < 4.78 is 0. The number of rotatable bonds is 2. The summed E-state index contributed by atoms with van der Waals surface area (Å²) in [6.45, 7) is 3.34. The van der Waals surface area contributed by atoms with E-state index in [9.17, 15) is 0 Å². The van der Waals surface area contributed by atoms with Gasteiger partial charge in [-0.15, -0.1) is 0 Å². The van der Waals surface area contributed by atoms with Crippen molar-refractivity contribution in [2.75, 3.05) is 11.4 Å². The molecule has 0 saturated carbocycles. The Balaban J connectivity index is 2.19. The van der Waals surface area contributed by atoms with E-state index in [2.05, 4.69) is 16.8 Å². The lowest BCUT2D eigenvalue weighted by Crippen LogP contribution is -2.28. The minimum absolute atomic E-state index is 0.492. The van der Waals surface area contributed by atoms with Gasteiger partial charge >= 0.3 is 0 Å². The highest BCUT2D eigenvalue weighted by Gasteiger charge is 2.22. The van der Waals surface area contributed by atoms with Gasteiger partial charge in [0.15, 0.2) is 0 Å². The minimum Gasteiger partial charge on any atom is -0.367 e. The molecule has 2 heterocycles. The molecule has 1 saturated heterocycles. The van der Waals surface area contributed by atoms with Crippen molar-refractivity contribution in [2.45, 2.75) is 32.2 Å². The highest BCUT2D eigenvalue weighted by molar-refractivity contribution is 5.47. The van der Waals surface area contributed by atoms with Crippen LogP contribution in [0, 0.1) is 11.3 Å². The van der Waals surface area contributed by atoms with Crippen LogP contribution in [0.1, 0.15) is 31.9 Å². The number of aromatic nitrogens is 1. The average Bonchev–Trinajstić information content (AvgIpc) is 2.77. The first-order chi connectivity index (χ1) is 7.35. The molecule has 3 nitrogen and oxygen atoms in total. The normalized spacial score (nSPS) is 20.3. The summed E-state index contributed by atoms with van der Waals surface area (Å²) in [5.41, 5.74) is 1.64. The van der Waals surface area contributed by atoms with Gasteiger partial charge in [-0.1, -0.05) is 6.92 Å². The second-order valence-electron chi connectivity index (χ2n) is 3.91. The number of hydrogen-bond donors (Lipinski definition) is 0. The van der Waals surface area contributed by atoms with Gasteiger partial charge in [0.1, 0.15) is 11.8 Å². The topological polar surface area (TPSA) is 39.9 Å². The maximum Gasteiger partial charge on any atom is 0.140 e. The van der Waals surface area contributed by atoms with Gasteiger partial charge in [0.05, 0.1) is 11.9 Å². The van der Waals surface area contributed by atoms with E-state index >= 15 is 0 Å². The van der Waals surface area contributed by atoms with Crippen molar-refractivity contribution < 1.29 is 0 Å². The molecule has 1 fully saturated rings. The number of nitriles is 1. The second kappa shape index (κ2) is 4.31. The van der Waals surface area contributed by atoms with Gasteiger partial charge in [-0.25, -0.2) is 4.98 Å². The highest BCUT2D eigenvalue weighted by Crippen LogP contribution is 2.26. The fourth-order valence-electron chi connectivity index (χ4n) is 2.22. The zero-order valence-electron chi connectivity index (χ0n) is 8.98. The predicted octanol–water partition coefficient (Wildman–Crippen LogP) is 2.33. The van der Waals surface area contributed by atoms with Gasteiger partial charge in [-0.3, -0.25) is 0 Å². The quantitative estimate of drug-likeness (QED) is 0.737. The summed E-state index contributed by atoms with van der Waals surface area (Å²) >= 11 is 0. The predicted molar refractivity (Wildman–Crippen MR) is 59.6 cm³/mol. The molecule has 15 heavy (non-hydrogen) atoms. The van der Waals surface area contributed by atoms with Gasteiger partial charge in [0.2, 0.25) is 0 Å². The van der Waals surface area contributed by atoms with Gasteiger partial charge < -0.3 is 4.90 Å². The first kappa shape index (κ1) is 9.97. The lowest BCUT2D eigenvalue weighted by molar-refractivity contribution is 0.645. The fraction of sp³-hybridized carbons (Fsp3) is 0.500. The largest absolute Gasteiger partial charge is 0.367 e. The number of nitrogens with zero attached hydrogens (tertiary/aromatic N) is 3. The second-order valence-corrected chi connectivity index (χ2v) is 3.91. The average molecular weight is 201 g/mol. The number of pyridine rings is 1. The minimum atomic E-state index is 0.492. The Kier molecular flexibility index (Phi) is 2.86. The molecule has 0 bridgehead atoms. The molecule has 0 N–H and O–H groups in total. The third kappa shape index (κ3) is 1.94. The van der Waals surface area contributed by atoms with Crippen molar-refractivity contribution >= 4 is 5.69 Å². The molecule has 0 spiro atoms. The van der Waals surface area contributed by atoms with Gasteiger partial charge in [0, 0.05) is 12.6 Å². The van der Waals surface area contributed by atoms with Crippen LogP contribution < -0.4 is 4.90 Å². The maximum atomic E-state index is 8.67. The third-order valence-corrected chi connectivity index (χ3v) is 3.04. The van der Waals surface area contributed by atoms with Crippen molar-refractivity contribution in [1.82, 2.24) is 4.98 Å². The summed E-state index contributed by atoms with van der Waals surface area (Å²) in [5, 5.41) is 8.67. The zero-order valence-corrected chi connectivity index (χ0v) is 8.98. The molecule has 0 amide bonds. The Hall–Kier alpha value is -1.56. The first-order valence-corrected chi connectivity index (χ1v) is 5.48. The van der Waals surface area contributed by atoms with E-state index in [0.717, 1.165) is 12.2 Å². The van der Waals surface area contributed by atoms with E-state index in [-0.39, 0.29) is 0 Å². The molecule has 3 heteroatoms. The molecule has 1 aliphatic rings. The Morgan fingerprint density at radius 3 is 3.07 bits per heavy atom. The molecule has 0 radical (unpaired) electrons. The molecule has 2 rings (SSSR count). The molecule has 1 aliphatic heterocycles. The molecular formula is C12H15N3. The Labute approximate surface area is 90.4 Å². The third-order valence-electron chi connectivity index (χ3n) is 3.04. The van der Waals surface area contributed by atoms with Crippen molar-refractivity contribution in [3.8, 4) is 6.07 Å². The highest BCUT2D eigenvalue weighted by atomic mass is 15.2. The van der Waals surface area contributed by atoms with Crippen molar-refractivity contribution in [3.05, 3.63) is 24.0 Å². The summed E-state index contributed by atoms with van der Waals surface area (Å²) in [4.78, 5) is 6.50. The molecule has 1 atom stereocenters. The molecule has 1 aromatic rings. The van der Waals surface area contributed by atoms with E-state index in [1.807, 2.05) is 18.3 Å². The summed E-state index contributed by atoms with van der Waals surface area (Å²) in [6, 6.07) is 6.48. The van der Waals surface area contributed by atoms with E-state index in [0.29, 0.717) is 11.7 Å². The van der Waals surface area contributed by atoms with E-state index in [1.54, 1.807) is 6.07 Å². The molecule has 78 valence electrons. The number of anilines is 1. The standard InChI is InChI=1S/C12H15N3/c1-2-11-4-3-7-15(11)12-6-5-10(8-13)14-9-12/h5-6,9,11H,2-4,7H2,1H3. The van der Waals surface area contributed by atoms with Crippen LogP contribution in [0.4, 0.5) is 5.69 Å². The molecule has 1 unspecified atom stereocenters. The van der Waals surface area contributed by atoms with Crippen LogP contribution >= 0.6 is 0 Å². The van der Waals surface area contributed by atoms with Gasteiger partial charge in [-0.2, -0.15) is 5.26 Å². The zero-order chi connectivity index (χ0) is 10.7. The van der Waals surface area contributed by atoms with Crippen LogP contribution in [0.5, 0.6) is 0 Å². The summed E-state index contributed by atoms with van der Waals surface area (Å²) in [6.07, 6.45) is 5.53. The van der Waals surface area contributed by atoms with Crippen LogP contribution in [-0.4, -0.2) is 17.6 Å². The Morgan fingerprint density at radius 2 is 2.47 bits per heavy atom. The Morgan fingerprint density at radius 1 is 1.60 bits per heavy atom. The summed E-state index contributed by atoms with van der Waals surface area (Å²) in [5.74, 6) is 0. The van der Waals surface area contributed by atoms with Crippen LogP contribution in [0.3, 0.4) is 0 Å². The van der Waals surface area contributed by atoms with Gasteiger partial charge in [0.25, 0.3) is 0 Å². The van der Waals surface area contributed by atoms with E-state index in [1.165, 1.54) is 19.3 Å². The molecular weight excluding hydrogens is 186 g/mol. The SMILES string of the molecule is CCC1CCCN1c1ccc(C#N)nc1. The van der Waals surface area contributed by atoms with Crippen LogP contribution in [-0.2, 0) is 0 Å². The van der Waals surface area contributed by atoms with Crippen LogP contribution in [0.2, 0.25) is 0 Å². The smallest absolute Gasteiger partial charge is 0.140 e. The maximum absolute atomic E-state index is 8.67. The van der Waals surface area contributed by atoms with Crippen LogP contribution in [0.15, 0.2) is 18.3 Å². The van der Waals surface area contributed by atoms with Crippen molar-refractivity contribution in [2.24, 2.45) is 0 Å². The van der Waals surface area contributed by atoms with Gasteiger partial charge in [-0.05, 0) is 31.4 Å². The molecule has 0 aromatic carbocycles. The molecule has 1 aromatic heterocycles. The van der Waals surface area contributed by atoms with Crippen LogP contribution in [0.25, 0.3) is 0 Å². The van der Waals surface area contributed by atoms with Crippen molar-refractivity contribution in [1.29, 1.82) is 5.26 Å². The van der Waals surface area contributed by atoms with E-state index < -0.39 is 0 Å². The number of hydrogen-bond acceptors (Lipinski definition) is 3. The summed E-state index contributed by atoms with van der Waals surface area (Å²) in [7, 11) is 0. The van der Waals surface area contributed by atoms with Crippen molar-refractivity contribution in [3.63, 3.8) is 0 Å². The monoisotopic (exact) mass is 201 g/mol. The lowest BCUT2D eigenvalue weighted by Gasteiger charge is -2.25.